The Balaban J connectivity index is 2.16. The summed E-state index contributed by atoms with van der Waals surface area (Å²) in [5, 5.41) is 4.40. The molecule has 0 aliphatic carbocycles. The molecule has 130 valence electrons. The molecule has 2 heterocycles. The quantitative estimate of drug-likeness (QED) is 0.664. The molecule has 2 aromatic heterocycles. The largest absolute Gasteiger partial charge is 0.312 e. The average Bonchev–Trinajstić information content (AvgIpc) is 3.09. The molecule has 1 amide bonds. The Kier molecular flexibility index (Phi) is 4.72. The first-order valence-electron chi connectivity index (χ1n) is 8.27. The summed E-state index contributed by atoms with van der Waals surface area (Å²) in [5.41, 5.74) is 3.59. The van der Waals surface area contributed by atoms with Gasteiger partial charge in [-0.2, -0.15) is 10.1 Å². The van der Waals surface area contributed by atoms with E-state index in [1.54, 1.807) is 10.7 Å². The van der Waals surface area contributed by atoms with Crippen molar-refractivity contribution in [3.8, 4) is 0 Å². The summed E-state index contributed by atoms with van der Waals surface area (Å²) in [4.78, 5) is 17.9. The fourth-order valence-electron chi connectivity index (χ4n) is 2.79. The monoisotopic (exact) mass is 354 g/mol. The van der Waals surface area contributed by atoms with Gasteiger partial charge in [-0.15, -0.1) is 6.58 Å². The molecule has 6 heteroatoms. The lowest BCUT2D eigenvalue weighted by Crippen LogP contribution is -2.18. The van der Waals surface area contributed by atoms with Crippen molar-refractivity contribution in [3.05, 3.63) is 58.7 Å². The van der Waals surface area contributed by atoms with Gasteiger partial charge < -0.3 is 4.57 Å². The van der Waals surface area contributed by atoms with Gasteiger partial charge in [-0.05, 0) is 51.5 Å². The van der Waals surface area contributed by atoms with Crippen molar-refractivity contribution in [2.24, 2.45) is 4.99 Å². The number of amides is 1. The number of fused-ring (bicyclic) bond motifs is 1. The predicted octanol–water partition coefficient (Wildman–Crippen LogP) is 4.02. The van der Waals surface area contributed by atoms with Crippen LogP contribution < -0.4 is 4.80 Å². The normalized spacial score (nSPS) is 12.3. The summed E-state index contributed by atoms with van der Waals surface area (Å²) in [5.74, 6) is -0.268. The topological polar surface area (TPSA) is 52.2 Å². The lowest BCUT2D eigenvalue weighted by atomic mass is 10.2. The summed E-state index contributed by atoms with van der Waals surface area (Å²) < 4.78 is 4.87. The molecule has 0 fully saturated rings. The molecule has 0 saturated heterocycles. The van der Waals surface area contributed by atoms with Gasteiger partial charge in [-0.25, -0.2) is 0 Å². The van der Waals surface area contributed by atoms with Crippen LogP contribution in [0.5, 0.6) is 0 Å². The number of benzene rings is 1. The van der Waals surface area contributed by atoms with Crippen LogP contribution in [0.2, 0.25) is 0 Å². The summed E-state index contributed by atoms with van der Waals surface area (Å²) >= 11 is 1.52. The molecule has 0 bridgehead atoms. The van der Waals surface area contributed by atoms with E-state index < -0.39 is 0 Å². The highest BCUT2D eigenvalue weighted by atomic mass is 32.1. The van der Waals surface area contributed by atoms with E-state index in [1.807, 2.05) is 31.4 Å². The minimum atomic E-state index is -0.268. The molecule has 0 atom stereocenters. The maximum absolute atomic E-state index is 12.8. The first kappa shape index (κ1) is 17.4. The second-order valence-electron chi connectivity index (χ2n) is 6.38. The molecule has 5 nitrogen and oxygen atoms in total. The zero-order chi connectivity index (χ0) is 18.1. The first-order valence-corrected chi connectivity index (χ1v) is 9.08. The Morgan fingerprint density at radius 1 is 1.36 bits per heavy atom. The van der Waals surface area contributed by atoms with E-state index in [0.29, 0.717) is 17.0 Å². The van der Waals surface area contributed by atoms with E-state index in [-0.39, 0.29) is 11.9 Å². The van der Waals surface area contributed by atoms with E-state index >= 15 is 0 Å². The Morgan fingerprint density at radius 3 is 2.80 bits per heavy atom. The van der Waals surface area contributed by atoms with Crippen molar-refractivity contribution in [2.75, 3.05) is 0 Å². The standard InChI is InChI=1S/C19H22N4OS/c1-6-9-22-15-8-7-13(4)10-17(15)25-19(22)20-18(24)16-11-14(5)21-23(16)12(2)3/h6-8,10-12H,1,9H2,2-5H3. The molecule has 0 radical (unpaired) electrons. The van der Waals surface area contributed by atoms with Crippen molar-refractivity contribution in [2.45, 2.75) is 40.3 Å². The maximum atomic E-state index is 12.8. The van der Waals surface area contributed by atoms with Gasteiger partial charge in [0.25, 0.3) is 5.91 Å². The van der Waals surface area contributed by atoms with Crippen molar-refractivity contribution in [1.29, 1.82) is 0 Å². The Morgan fingerprint density at radius 2 is 2.12 bits per heavy atom. The number of thiazole rings is 1. The van der Waals surface area contributed by atoms with Crippen LogP contribution in [0.25, 0.3) is 10.2 Å². The van der Waals surface area contributed by atoms with E-state index in [0.717, 1.165) is 15.9 Å². The number of hydrogen-bond donors (Lipinski definition) is 0. The molecular weight excluding hydrogens is 332 g/mol. The molecule has 1 aromatic carbocycles. The molecule has 0 aliphatic heterocycles. The number of carbonyl (C=O) groups is 1. The van der Waals surface area contributed by atoms with E-state index in [9.17, 15) is 4.79 Å². The third-order valence-electron chi connectivity index (χ3n) is 3.91. The van der Waals surface area contributed by atoms with Gasteiger partial charge in [-0.3, -0.25) is 9.48 Å². The number of allylic oxidation sites excluding steroid dienone is 1. The van der Waals surface area contributed by atoms with Gasteiger partial charge in [0.15, 0.2) is 4.80 Å². The van der Waals surface area contributed by atoms with Crippen LogP contribution in [0.4, 0.5) is 0 Å². The van der Waals surface area contributed by atoms with E-state index in [4.69, 9.17) is 0 Å². The van der Waals surface area contributed by atoms with Crippen molar-refractivity contribution >= 4 is 27.5 Å². The summed E-state index contributed by atoms with van der Waals surface area (Å²) in [6, 6.07) is 8.15. The summed E-state index contributed by atoms with van der Waals surface area (Å²) in [6.45, 7) is 12.4. The average molecular weight is 354 g/mol. The summed E-state index contributed by atoms with van der Waals surface area (Å²) in [7, 11) is 0. The number of aryl methyl sites for hydroxylation is 2. The molecular formula is C19H22N4OS. The van der Waals surface area contributed by atoms with Gasteiger partial charge in [-0.1, -0.05) is 23.5 Å². The van der Waals surface area contributed by atoms with Crippen LogP contribution in [-0.4, -0.2) is 20.3 Å². The van der Waals surface area contributed by atoms with Gasteiger partial charge in [0, 0.05) is 12.6 Å². The number of carbonyl (C=O) groups excluding carboxylic acids is 1. The van der Waals surface area contributed by atoms with Crippen molar-refractivity contribution in [1.82, 2.24) is 14.3 Å². The molecule has 0 N–H and O–H groups in total. The van der Waals surface area contributed by atoms with Gasteiger partial charge in [0.1, 0.15) is 5.69 Å². The van der Waals surface area contributed by atoms with Crippen molar-refractivity contribution in [3.63, 3.8) is 0 Å². The zero-order valence-electron chi connectivity index (χ0n) is 15.0. The molecule has 3 aromatic rings. The summed E-state index contributed by atoms with van der Waals surface area (Å²) in [6.07, 6.45) is 1.82. The van der Waals surface area contributed by atoms with Crippen LogP contribution in [-0.2, 0) is 6.54 Å². The van der Waals surface area contributed by atoms with Crippen LogP contribution >= 0.6 is 11.3 Å². The smallest absolute Gasteiger partial charge is 0.297 e. The zero-order valence-corrected chi connectivity index (χ0v) is 15.8. The van der Waals surface area contributed by atoms with Crippen LogP contribution in [0.1, 0.15) is 41.6 Å². The molecule has 3 rings (SSSR count). The third kappa shape index (κ3) is 3.35. The third-order valence-corrected chi connectivity index (χ3v) is 4.95. The fraction of sp³-hybridized carbons (Fsp3) is 0.316. The van der Waals surface area contributed by atoms with E-state index in [1.165, 1.54) is 16.9 Å². The maximum Gasteiger partial charge on any atom is 0.297 e. The van der Waals surface area contributed by atoms with Gasteiger partial charge >= 0.3 is 0 Å². The lowest BCUT2D eigenvalue weighted by molar-refractivity contribution is 0.0986. The van der Waals surface area contributed by atoms with Crippen LogP contribution in [0.3, 0.4) is 0 Å². The number of nitrogens with zero attached hydrogens (tertiary/aromatic N) is 4. The Hall–Kier alpha value is -2.47. The molecule has 0 spiro atoms. The Labute approximate surface area is 150 Å². The highest BCUT2D eigenvalue weighted by Crippen LogP contribution is 2.19. The number of rotatable bonds is 4. The molecule has 0 aliphatic rings. The minimum Gasteiger partial charge on any atom is -0.312 e. The second kappa shape index (κ2) is 6.80. The predicted molar refractivity (Wildman–Crippen MR) is 102 cm³/mol. The van der Waals surface area contributed by atoms with Gasteiger partial charge in [0.2, 0.25) is 0 Å². The molecule has 25 heavy (non-hydrogen) atoms. The molecule has 0 saturated carbocycles. The highest BCUT2D eigenvalue weighted by molar-refractivity contribution is 7.16. The van der Waals surface area contributed by atoms with Crippen LogP contribution in [0, 0.1) is 13.8 Å². The minimum absolute atomic E-state index is 0.105. The number of aromatic nitrogens is 3. The SMILES string of the molecule is C=CCn1c(=NC(=O)c2cc(C)nn2C(C)C)sc2cc(C)ccc21. The van der Waals surface area contributed by atoms with E-state index in [2.05, 4.69) is 41.8 Å². The number of hydrogen-bond acceptors (Lipinski definition) is 3. The first-order chi connectivity index (χ1) is 11.9. The molecule has 0 unspecified atom stereocenters. The van der Waals surface area contributed by atoms with Crippen molar-refractivity contribution < 1.29 is 4.79 Å². The lowest BCUT2D eigenvalue weighted by Gasteiger charge is -2.08. The fourth-order valence-corrected chi connectivity index (χ4v) is 3.92. The Bertz CT molecular complexity index is 1020. The highest BCUT2D eigenvalue weighted by Gasteiger charge is 2.16. The van der Waals surface area contributed by atoms with Gasteiger partial charge in [0.05, 0.1) is 15.9 Å². The van der Waals surface area contributed by atoms with Crippen LogP contribution in [0.15, 0.2) is 41.9 Å². The second-order valence-corrected chi connectivity index (χ2v) is 7.39.